The van der Waals surface area contributed by atoms with Crippen LogP contribution in [0.5, 0.6) is 6.01 Å². The predicted octanol–water partition coefficient (Wildman–Crippen LogP) is 2.42. The molecule has 1 fully saturated rings. The zero-order chi connectivity index (χ0) is 11.4. The highest BCUT2D eigenvalue weighted by Gasteiger charge is 2.23. The maximum Gasteiger partial charge on any atom is 0.316 e. The molecule has 1 heterocycles. The van der Waals surface area contributed by atoms with E-state index in [1.807, 2.05) is 0 Å². The molecule has 2 unspecified atom stereocenters. The quantitative estimate of drug-likeness (QED) is 0.797. The standard InChI is InChI=1S/C11H15IN2O2/c1-15-9-3-2-4-10(5-9)16-11-13-6-8(12)7-14-11/h6-7,9-10H,2-5H2,1H3. The third kappa shape index (κ3) is 3.28. The number of nitrogens with zero attached hydrogens (tertiary/aromatic N) is 2. The Hall–Kier alpha value is -0.430. The topological polar surface area (TPSA) is 44.2 Å². The number of halogens is 1. The van der Waals surface area contributed by atoms with E-state index in [0.717, 1.165) is 29.3 Å². The Balaban J connectivity index is 1.91. The van der Waals surface area contributed by atoms with Gasteiger partial charge in [0, 0.05) is 29.5 Å². The normalized spacial score (nSPS) is 25.4. The van der Waals surface area contributed by atoms with E-state index in [1.165, 1.54) is 0 Å². The lowest BCUT2D eigenvalue weighted by Crippen LogP contribution is -2.29. The summed E-state index contributed by atoms with van der Waals surface area (Å²) in [7, 11) is 1.76. The Labute approximate surface area is 109 Å². The van der Waals surface area contributed by atoms with E-state index in [1.54, 1.807) is 19.5 Å². The minimum atomic E-state index is 0.193. The second-order valence-corrected chi connectivity index (χ2v) is 5.19. The van der Waals surface area contributed by atoms with Gasteiger partial charge in [-0.15, -0.1) is 0 Å². The molecule has 1 aromatic rings. The summed E-state index contributed by atoms with van der Waals surface area (Å²) in [6.45, 7) is 0. The van der Waals surface area contributed by atoms with Crippen molar-refractivity contribution >= 4 is 22.6 Å². The minimum absolute atomic E-state index is 0.193. The largest absolute Gasteiger partial charge is 0.460 e. The van der Waals surface area contributed by atoms with Gasteiger partial charge in [0.05, 0.1) is 6.10 Å². The molecule has 1 aliphatic rings. The summed E-state index contributed by atoms with van der Waals surface area (Å²) in [6, 6.07) is 0.474. The SMILES string of the molecule is COC1CCCC(Oc2ncc(I)cn2)C1. The second-order valence-electron chi connectivity index (χ2n) is 3.95. The predicted molar refractivity (Wildman–Crippen MR) is 68.4 cm³/mol. The molecule has 2 rings (SSSR count). The van der Waals surface area contributed by atoms with Crippen molar-refractivity contribution in [1.82, 2.24) is 9.97 Å². The molecule has 1 saturated carbocycles. The zero-order valence-corrected chi connectivity index (χ0v) is 11.4. The van der Waals surface area contributed by atoms with Gasteiger partial charge in [-0.25, -0.2) is 9.97 Å². The highest BCUT2D eigenvalue weighted by Crippen LogP contribution is 2.23. The summed E-state index contributed by atoms with van der Waals surface area (Å²) in [4.78, 5) is 8.28. The van der Waals surface area contributed by atoms with Crippen LogP contribution in [0.25, 0.3) is 0 Å². The van der Waals surface area contributed by atoms with Crippen LogP contribution in [-0.2, 0) is 4.74 Å². The van der Waals surface area contributed by atoms with Crippen LogP contribution in [0.4, 0.5) is 0 Å². The lowest BCUT2D eigenvalue weighted by atomic mass is 9.95. The molecular formula is C11H15IN2O2. The Bertz CT molecular complexity index is 331. The first-order valence-electron chi connectivity index (χ1n) is 5.45. The lowest BCUT2D eigenvalue weighted by molar-refractivity contribution is 0.0178. The van der Waals surface area contributed by atoms with Gasteiger partial charge in [0.25, 0.3) is 0 Å². The molecule has 88 valence electrons. The van der Waals surface area contributed by atoms with Gasteiger partial charge in [-0.1, -0.05) is 0 Å². The van der Waals surface area contributed by atoms with Gasteiger partial charge >= 0.3 is 6.01 Å². The first-order valence-corrected chi connectivity index (χ1v) is 6.53. The molecule has 2 atom stereocenters. The van der Waals surface area contributed by atoms with Crippen LogP contribution >= 0.6 is 22.6 Å². The van der Waals surface area contributed by atoms with Crippen molar-refractivity contribution in [1.29, 1.82) is 0 Å². The molecule has 0 aromatic carbocycles. The van der Waals surface area contributed by atoms with Gasteiger partial charge in [-0.05, 0) is 41.9 Å². The monoisotopic (exact) mass is 334 g/mol. The van der Waals surface area contributed by atoms with E-state index in [0.29, 0.717) is 12.1 Å². The summed E-state index contributed by atoms with van der Waals surface area (Å²) < 4.78 is 12.1. The summed E-state index contributed by atoms with van der Waals surface area (Å²) in [5.74, 6) is 0. The fourth-order valence-electron chi connectivity index (χ4n) is 1.93. The number of methoxy groups -OCH3 is 1. The smallest absolute Gasteiger partial charge is 0.316 e. The first kappa shape index (κ1) is 12.0. The van der Waals surface area contributed by atoms with Crippen LogP contribution in [0.1, 0.15) is 25.7 Å². The maximum absolute atomic E-state index is 5.74. The molecule has 5 heteroatoms. The molecule has 0 N–H and O–H groups in total. The molecule has 16 heavy (non-hydrogen) atoms. The highest BCUT2D eigenvalue weighted by molar-refractivity contribution is 14.1. The average Bonchev–Trinajstić information content (AvgIpc) is 2.32. The van der Waals surface area contributed by atoms with Gasteiger partial charge in [-0.2, -0.15) is 0 Å². The van der Waals surface area contributed by atoms with Gasteiger partial charge in [0.1, 0.15) is 6.10 Å². The molecule has 0 aliphatic heterocycles. The van der Waals surface area contributed by atoms with Crippen molar-refractivity contribution in [2.45, 2.75) is 37.9 Å². The first-order chi connectivity index (χ1) is 7.78. The van der Waals surface area contributed by atoms with E-state index in [4.69, 9.17) is 9.47 Å². The van der Waals surface area contributed by atoms with Gasteiger partial charge < -0.3 is 9.47 Å². The van der Waals surface area contributed by atoms with E-state index in [2.05, 4.69) is 32.6 Å². The summed E-state index contributed by atoms with van der Waals surface area (Å²) in [6.07, 6.45) is 8.32. The van der Waals surface area contributed by atoms with E-state index in [9.17, 15) is 0 Å². The van der Waals surface area contributed by atoms with Crippen LogP contribution in [0, 0.1) is 3.57 Å². The van der Waals surface area contributed by atoms with Crippen molar-refractivity contribution in [3.8, 4) is 6.01 Å². The molecule has 0 spiro atoms. The second kappa shape index (κ2) is 5.77. The highest BCUT2D eigenvalue weighted by atomic mass is 127. The van der Waals surface area contributed by atoms with E-state index < -0.39 is 0 Å². The third-order valence-electron chi connectivity index (χ3n) is 2.78. The molecule has 0 radical (unpaired) electrons. The van der Waals surface area contributed by atoms with Crippen molar-refractivity contribution in [2.75, 3.05) is 7.11 Å². The van der Waals surface area contributed by atoms with Crippen molar-refractivity contribution in [2.24, 2.45) is 0 Å². The fourth-order valence-corrected chi connectivity index (χ4v) is 2.21. The molecule has 0 bridgehead atoms. The summed E-state index contributed by atoms with van der Waals surface area (Å²) in [5.41, 5.74) is 0. The molecule has 1 aromatic heterocycles. The average molecular weight is 334 g/mol. The summed E-state index contributed by atoms with van der Waals surface area (Å²) in [5, 5.41) is 0. The number of aromatic nitrogens is 2. The Morgan fingerprint density at radius 1 is 1.25 bits per heavy atom. The van der Waals surface area contributed by atoms with Crippen molar-refractivity contribution < 1.29 is 9.47 Å². The van der Waals surface area contributed by atoms with Crippen LogP contribution in [-0.4, -0.2) is 29.3 Å². The summed E-state index contributed by atoms with van der Waals surface area (Å²) >= 11 is 2.18. The van der Waals surface area contributed by atoms with Crippen LogP contribution in [0.2, 0.25) is 0 Å². The number of rotatable bonds is 3. The van der Waals surface area contributed by atoms with Crippen LogP contribution < -0.4 is 4.74 Å². The third-order valence-corrected chi connectivity index (χ3v) is 3.34. The Morgan fingerprint density at radius 3 is 2.62 bits per heavy atom. The van der Waals surface area contributed by atoms with Gasteiger partial charge in [-0.3, -0.25) is 0 Å². The molecule has 0 amide bonds. The van der Waals surface area contributed by atoms with Gasteiger partial charge in [0.2, 0.25) is 0 Å². The Kier molecular flexibility index (Phi) is 4.34. The number of hydrogen-bond acceptors (Lipinski definition) is 4. The minimum Gasteiger partial charge on any atom is -0.460 e. The van der Waals surface area contributed by atoms with Crippen LogP contribution in [0.15, 0.2) is 12.4 Å². The number of ether oxygens (including phenoxy) is 2. The van der Waals surface area contributed by atoms with Crippen LogP contribution in [0.3, 0.4) is 0 Å². The zero-order valence-electron chi connectivity index (χ0n) is 9.23. The van der Waals surface area contributed by atoms with Gasteiger partial charge in [0.15, 0.2) is 0 Å². The molecule has 0 saturated heterocycles. The maximum atomic E-state index is 5.74. The number of hydrogen-bond donors (Lipinski definition) is 0. The van der Waals surface area contributed by atoms with E-state index >= 15 is 0 Å². The molecule has 1 aliphatic carbocycles. The Morgan fingerprint density at radius 2 is 1.94 bits per heavy atom. The fraction of sp³-hybridized carbons (Fsp3) is 0.636. The molecular weight excluding hydrogens is 319 g/mol. The molecule has 4 nitrogen and oxygen atoms in total. The van der Waals surface area contributed by atoms with E-state index in [-0.39, 0.29) is 6.10 Å². The van der Waals surface area contributed by atoms with Crippen molar-refractivity contribution in [3.05, 3.63) is 16.0 Å². The van der Waals surface area contributed by atoms with Crippen molar-refractivity contribution in [3.63, 3.8) is 0 Å². The lowest BCUT2D eigenvalue weighted by Gasteiger charge is -2.27.